The number of carbonyl (C=O) groups is 3. The van der Waals surface area contributed by atoms with Gasteiger partial charge in [0.2, 0.25) is 0 Å². The third kappa shape index (κ3) is 4.17. The number of nitrogens with one attached hydrogen (secondary N) is 2. The number of allylic oxidation sites excluding steroid dienone is 2. The summed E-state index contributed by atoms with van der Waals surface area (Å²) >= 11 is 0. The Balaban J connectivity index is 1.57. The molecule has 0 fully saturated rings. The summed E-state index contributed by atoms with van der Waals surface area (Å²) in [6, 6.07) is 13.0. The molecule has 0 saturated carbocycles. The van der Waals surface area contributed by atoms with Crippen molar-refractivity contribution in [3.63, 3.8) is 0 Å². The third-order valence-corrected chi connectivity index (χ3v) is 5.93. The van der Waals surface area contributed by atoms with Crippen molar-refractivity contribution in [2.75, 3.05) is 19.0 Å². The highest BCUT2D eigenvalue weighted by Crippen LogP contribution is 2.49. The van der Waals surface area contributed by atoms with Crippen LogP contribution in [0.1, 0.15) is 56.6 Å². The van der Waals surface area contributed by atoms with Crippen molar-refractivity contribution >= 4 is 23.5 Å². The number of methoxy groups -OCH3 is 1. The van der Waals surface area contributed by atoms with Crippen LogP contribution >= 0.6 is 0 Å². The average molecular weight is 419 g/mol. The fraction of sp³-hybridized carbons (Fsp3) is 0.292. The molecule has 1 aliphatic carbocycles. The fourth-order valence-corrected chi connectivity index (χ4v) is 4.39. The molecule has 1 aliphatic heterocycles. The number of benzene rings is 2. The molecule has 1 amide bonds. The number of ether oxygens (including phenoxy) is 1. The minimum absolute atomic E-state index is 0.0338. The predicted octanol–water partition coefficient (Wildman–Crippen LogP) is 2.17. The van der Waals surface area contributed by atoms with Gasteiger partial charge < -0.3 is 25.3 Å². The molecule has 2 aliphatic rings. The van der Waals surface area contributed by atoms with Gasteiger partial charge in [0.25, 0.3) is 5.91 Å². The van der Waals surface area contributed by atoms with Crippen LogP contribution in [0.25, 0.3) is 0 Å². The normalized spacial score (nSPS) is 20.9. The van der Waals surface area contributed by atoms with Crippen molar-refractivity contribution in [3.8, 4) is 0 Å². The summed E-state index contributed by atoms with van der Waals surface area (Å²) in [5.41, 5.74) is 4.10. The van der Waals surface area contributed by atoms with Gasteiger partial charge in [-0.25, -0.2) is 4.79 Å². The Morgan fingerprint density at radius 2 is 1.87 bits per heavy atom. The molecule has 31 heavy (non-hydrogen) atoms. The molecule has 2 N–H and O–H groups in total. The van der Waals surface area contributed by atoms with Gasteiger partial charge in [-0.05, 0) is 53.8 Å². The largest absolute Gasteiger partial charge is 0.550 e. The van der Waals surface area contributed by atoms with Gasteiger partial charge in [-0.3, -0.25) is 4.79 Å². The van der Waals surface area contributed by atoms with Crippen LogP contribution in [0, 0.1) is 5.92 Å². The van der Waals surface area contributed by atoms with E-state index in [1.165, 1.54) is 7.11 Å². The van der Waals surface area contributed by atoms with E-state index < -0.39 is 5.97 Å². The number of carboxylic acids is 1. The standard InChI is InChI=1S/C24H24N2O5/c1-31-24(30)15-7-5-14(6-8-15)22-18-4-2-3-17(18)19-13-16(9-10-20(19)26-22)23(29)25-12-11-21(27)28/h2-3,5-10,13,17-18,22,26H,4,11-12H2,1H3,(H,25,29)(H,27,28)/p-1/t17-,18-,22-/m1/s1. The Morgan fingerprint density at radius 1 is 1.13 bits per heavy atom. The molecule has 0 aromatic heterocycles. The third-order valence-electron chi connectivity index (χ3n) is 5.93. The zero-order chi connectivity index (χ0) is 22.0. The molecule has 2 aromatic carbocycles. The molecule has 3 atom stereocenters. The highest BCUT2D eigenvalue weighted by Gasteiger charge is 2.38. The first-order valence-electron chi connectivity index (χ1n) is 10.2. The number of hydrogen-bond acceptors (Lipinski definition) is 6. The number of carboxylic acid groups (broad SMARTS) is 1. The molecule has 0 bridgehead atoms. The Morgan fingerprint density at radius 3 is 2.58 bits per heavy atom. The minimum Gasteiger partial charge on any atom is -0.550 e. The van der Waals surface area contributed by atoms with Crippen LogP contribution in [0.5, 0.6) is 0 Å². The number of carbonyl (C=O) groups excluding carboxylic acids is 3. The van der Waals surface area contributed by atoms with Crippen molar-refractivity contribution < 1.29 is 24.2 Å². The highest BCUT2D eigenvalue weighted by atomic mass is 16.5. The van der Waals surface area contributed by atoms with Crippen molar-refractivity contribution in [3.05, 3.63) is 76.9 Å². The summed E-state index contributed by atoms with van der Waals surface area (Å²) in [6.07, 6.45) is 5.02. The summed E-state index contributed by atoms with van der Waals surface area (Å²) in [5, 5.41) is 16.8. The summed E-state index contributed by atoms with van der Waals surface area (Å²) in [7, 11) is 1.36. The second kappa shape index (κ2) is 8.63. The number of fused-ring (bicyclic) bond motifs is 3. The van der Waals surface area contributed by atoms with Gasteiger partial charge in [-0.15, -0.1) is 0 Å². The van der Waals surface area contributed by atoms with Crippen LogP contribution in [0.2, 0.25) is 0 Å². The molecule has 7 nitrogen and oxygen atoms in total. The number of amides is 1. The number of anilines is 1. The average Bonchev–Trinajstić information content (AvgIpc) is 3.28. The lowest BCUT2D eigenvalue weighted by atomic mass is 9.76. The van der Waals surface area contributed by atoms with Gasteiger partial charge in [0.15, 0.2) is 0 Å². The van der Waals surface area contributed by atoms with E-state index in [1.54, 1.807) is 18.2 Å². The molecule has 7 heteroatoms. The maximum atomic E-state index is 12.4. The Bertz CT molecular complexity index is 1040. The molecule has 0 saturated heterocycles. The number of hydrogen-bond donors (Lipinski definition) is 2. The molecule has 0 spiro atoms. The first-order chi connectivity index (χ1) is 15.0. The maximum absolute atomic E-state index is 12.4. The molecular formula is C24H23N2O5-. The quantitative estimate of drug-likeness (QED) is 0.549. The van der Waals surface area contributed by atoms with Crippen LogP contribution < -0.4 is 15.7 Å². The van der Waals surface area contributed by atoms with Crippen LogP contribution in [0.3, 0.4) is 0 Å². The highest BCUT2D eigenvalue weighted by molar-refractivity contribution is 5.95. The number of aliphatic carboxylic acids is 1. The second-order valence-electron chi connectivity index (χ2n) is 7.77. The zero-order valence-corrected chi connectivity index (χ0v) is 17.1. The van der Waals surface area contributed by atoms with Crippen molar-refractivity contribution in [1.82, 2.24) is 5.32 Å². The topological polar surface area (TPSA) is 108 Å². The van der Waals surface area contributed by atoms with E-state index in [-0.39, 0.29) is 42.7 Å². The van der Waals surface area contributed by atoms with E-state index >= 15 is 0 Å². The van der Waals surface area contributed by atoms with E-state index in [9.17, 15) is 19.5 Å². The number of rotatable bonds is 6. The zero-order valence-electron chi connectivity index (χ0n) is 17.1. The molecule has 4 rings (SSSR count). The van der Waals surface area contributed by atoms with E-state index in [0.29, 0.717) is 11.1 Å². The Hall–Kier alpha value is -3.61. The van der Waals surface area contributed by atoms with E-state index in [4.69, 9.17) is 4.74 Å². The van der Waals surface area contributed by atoms with Crippen molar-refractivity contribution in [2.45, 2.75) is 24.8 Å². The second-order valence-corrected chi connectivity index (χ2v) is 7.77. The van der Waals surface area contributed by atoms with Crippen molar-refractivity contribution in [2.24, 2.45) is 5.92 Å². The predicted molar refractivity (Wildman–Crippen MR) is 113 cm³/mol. The summed E-state index contributed by atoms with van der Waals surface area (Å²) in [4.78, 5) is 34.7. The lowest BCUT2D eigenvalue weighted by molar-refractivity contribution is -0.305. The van der Waals surface area contributed by atoms with Crippen LogP contribution in [-0.2, 0) is 9.53 Å². The molecule has 2 aromatic rings. The van der Waals surface area contributed by atoms with Gasteiger partial charge in [0.1, 0.15) is 0 Å². The minimum atomic E-state index is -1.19. The lowest BCUT2D eigenvalue weighted by Crippen LogP contribution is -2.32. The Kier molecular flexibility index (Phi) is 5.75. The molecule has 0 radical (unpaired) electrons. The summed E-state index contributed by atoms with van der Waals surface area (Å²) in [5.74, 6) is -1.41. The van der Waals surface area contributed by atoms with Crippen LogP contribution in [0.15, 0.2) is 54.6 Å². The molecule has 160 valence electrons. The van der Waals surface area contributed by atoms with E-state index in [1.807, 2.05) is 24.3 Å². The molecule has 1 heterocycles. The SMILES string of the molecule is COC(=O)c1ccc([C@H]2Nc3ccc(C(=O)NCCC(=O)[O-])cc3[C@@H]3C=CC[C@@H]23)cc1. The van der Waals surface area contributed by atoms with E-state index in [2.05, 4.69) is 22.8 Å². The van der Waals surface area contributed by atoms with Crippen LogP contribution in [-0.4, -0.2) is 31.5 Å². The summed E-state index contributed by atoms with van der Waals surface area (Å²) < 4.78 is 4.77. The van der Waals surface area contributed by atoms with Crippen molar-refractivity contribution in [1.29, 1.82) is 0 Å². The smallest absolute Gasteiger partial charge is 0.337 e. The molecular weight excluding hydrogens is 396 g/mol. The lowest BCUT2D eigenvalue weighted by Gasteiger charge is -2.37. The van der Waals surface area contributed by atoms with Gasteiger partial charge in [-0.1, -0.05) is 24.3 Å². The van der Waals surface area contributed by atoms with Gasteiger partial charge in [0, 0.05) is 36.1 Å². The van der Waals surface area contributed by atoms with Gasteiger partial charge in [-0.2, -0.15) is 0 Å². The number of esters is 1. The monoisotopic (exact) mass is 419 g/mol. The first kappa shape index (κ1) is 20.7. The molecule has 0 unspecified atom stereocenters. The first-order valence-corrected chi connectivity index (χ1v) is 10.2. The maximum Gasteiger partial charge on any atom is 0.337 e. The Labute approximate surface area is 180 Å². The van der Waals surface area contributed by atoms with E-state index in [0.717, 1.165) is 23.2 Å². The fourth-order valence-electron chi connectivity index (χ4n) is 4.39. The van der Waals surface area contributed by atoms with Gasteiger partial charge >= 0.3 is 5.97 Å². The van der Waals surface area contributed by atoms with Gasteiger partial charge in [0.05, 0.1) is 18.7 Å². The van der Waals surface area contributed by atoms with Crippen LogP contribution in [0.4, 0.5) is 5.69 Å². The summed E-state index contributed by atoms with van der Waals surface area (Å²) in [6.45, 7) is 0.0338.